The fourth-order valence-corrected chi connectivity index (χ4v) is 3.97. The van der Waals surface area contributed by atoms with Crippen molar-refractivity contribution in [1.82, 2.24) is 4.31 Å². The molecule has 1 aliphatic heterocycles. The van der Waals surface area contributed by atoms with Crippen LogP contribution in [0.3, 0.4) is 0 Å². The number of carbonyl (C=O) groups is 1. The summed E-state index contributed by atoms with van der Waals surface area (Å²) in [7, 11) is -3.59. The highest BCUT2D eigenvalue weighted by Gasteiger charge is 2.21. The second kappa shape index (κ2) is 9.58. The van der Waals surface area contributed by atoms with E-state index in [9.17, 15) is 13.2 Å². The van der Waals surface area contributed by atoms with Gasteiger partial charge in [0, 0.05) is 36.0 Å². The highest BCUT2D eigenvalue weighted by atomic mass is 35.5. The number of sulfonamides is 1. The third-order valence-electron chi connectivity index (χ3n) is 4.62. The van der Waals surface area contributed by atoms with Gasteiger partial charge in [-0.05, 0) is 35.9 Å². The van der Waals surface area contributed by atoms with Gasteiger partial charge in [-0.3, -0.25) is 4.79 Å². The molecule has 3 rings (SSSR count). The maximum Gasteiger partial charge on any atom is 0.239 e. The Hall–Kier alpha value is -2.13. The molecule has 1 amide bonds. The maximum atomic E-state index is 12.5. The van der Waals surface area contributed by atoms with Gasteiger partial charge in [-0.2, -0.15) is 4.31 Å². The third-order valence-corrected chi connectivity index (χ3v) is 6.19. The van der Waals surface area contributed by atoms with Crippen molar-refractivity contribution in [3.63, 3.8) is 0 Å². The predicted octanol–water partition coefficient (Wildman–Crippen LogP) is 2.58. The first-order valence-corrected chi connectivity index (χ1v) is 11.5. The molecule has 0 aliphatic carbocycles. The SMILES string of the molecule is CS(=O)(=O)N(CC(=O)Nc1ccc(N2CCOCC2)cc1)Cc1ccccc1Cl. The first-order valence-electron chi connectivity index (χ1n) is 9.24. The van der Waals surface area contributed by atoms with Crippen LogP contribution in [0.4, 0.5) is 11.4 Å². The molecular formula is C20H24ClN3O4S. The number of amides is 1. The van der Waals surface area contributed by atoms with Crippen molar-refractivity contribution in [2.45, 2.75) is 6.54 Å². The molecule has 0 saturated carbocycles. The predicted molar refractivity (Wildman–Crippen MR) is 115 cm³/mol. The Bertz CT molecular complexity index is 944. The zero-order chi connectivity index (χ0) is 20.9. The van der Waals surface area contributed by atoms with Gasteiger partial charge < -0.3 is 15.0 Å². The lowest BCUT2D eigenvalue weighted by atomic mass is 10.2. The summed E-state index contributed by atoms with van der Waals surface area (Å²) < 4.78 is 30.7. The van der Waals surface area contributed by atoms with Crippen LogP contribution in [0.1, 0.15) is 5.56 Å². The zero-order valence-electron chi connectivity index (χ0n) is 16.2. The minimum absolute atomic E-state index is 0.0297. The number of hydrogen-bond acceptors (Lipinski definition) is 5. The summed E-state index contributed by atoms with van der Waals surface area (Å²) in [4.78, 5) is 14.7. The Morgan fingerprint density at radius 3 is 2.41 bits per heavy atom. The largest absolute Gasteiger partial charge is 0.378 e. The summed E-state index contributed by atoms with van der Waals surface area (Å²) in [5.41, 5.74) is 2.31. The lowest BCUT2D eigenvalue weighted by Crippen LogP contribution is -2.37. The number of benzene rings is 2. The van der Waals surface area contributed by atoms with E-state index < -0.39 is 15.9 Å². The molecule has 1 saturated heterocycles. The Kier molecular flexibility index (Phi) is 7.13. The van der Waals surface area contributed by atoms with Gasteiger partial charge in [-0.15, -0.1) is 0 Å². The zero-order valence-corrected chi connectivity index (χ0v) is 17.7. The van der Waals surface area contributed by atoms with Crippen LogP contribution in [0.5, 0.6) is 0 Å². The maximum absolute atomic E-state index is 12.5. The van der Waals surface area contributed by atoms with Gasteiger partial charge in [-0.1, -0.05) is 29.8 Å². The number of ether oxygens (including phenoxy) is 1. The molecule has 2 aromatic carbocycles. The van der Waals surface area contributed by atoms with E-state index in [2.05, 4.69) is 10.2 Å². The summed E-state index contributed by atoms with van der Waals surface area (Å²) in [6.45, 7) is 2.79. The molecule has 1 N–H and O–H groups in total. The van der Waals surface area contributed by atoms with Crippen molar-refractivity contribution < 1.29 is 17.9 Å². The van der Waals surface area contributed by atoms with E-state index in [1.165, 1.54) is 0 Å². The van der Waals surface area contributed by atoms with E-state index in [4.69, 9.17) is 16.3 Å². The lowest BCUT2D eigenvalue weighted by molar-refractivity contribution is -0.116. The third kappa shape index (κ3) is 6.17. The monoisotopic (exact) mass is 437 g/mol. The molecule has 2 aromatic rings. The van der Waals surface area contributed by atoms with Crippen molar-refractivity contribution in [3.8, 4) is 0 Å². The van der Waals surface area contributed by atoms with Crippen molar-refractivity contribution in [3.05, 3.63) is 59.1 Å². The average Bonchev–Trinajstić information content (AvgIpc) is 2.69. The van der Waals surface area contributed by atoms with Gasteiger partial charge in [0.1, 0.15) is 0 Å². The van der Waals surface area contributed by atoms with E-state index in [0.717, 1.165) is 29.3 Å². The molecule has 1 heterocycles. The lowest BCUT2D eigenvalue weighted by Gasteiger charge is -2.29. The summed E-state index contributed by atoms with van der Waals surface area (Å²) in [5.74, 6) is -0.415. The first-order chi connectivity index (χ1) is 13.8. The molecule has 0 unspecified atom stereocenters. The second-order valence-corrected chi connectivity index (χ2v) is 9.21. The molecule has 156 valence electrons. The molecule has 0 atom stereocenters. The minimum Gasteiger partial charge on any atom is -0.378 e. The molecule has 0 spiro atoms. The number of halogens is 1. The van der Waals surface area contributed by atoms with Gasteiger partial charge in [-0.25, -0.2) is 8.42 Å². The number of hydrogen-bond donors (Lipinski definition) is 1. The van der Waals surface area contributed by atoms with Crippen molar-refractivity contribution in [1.29, 1.82) is 0 Å². The molecular weight excluding hydrogens is 414 g/mol. The Morgan fingerprint density at radius 1 is 1.14 bits per heavy atom. The fraction of sp³-hybridized carbons (Fsp3) is 0.350. The minimum atomic E-state index is -3.59. The van der Waals surface area contributed by atoms with Gasteiger partial charge in [0.15, 0.2) is 0 Å². The number of nitrogens with one attached hydrogen (secondary N) is 1. The summed E-state index contributed by atoms with van der Waals surface area (Å²) in [6.07, 6.45) is 1.08. The van der Waals surface area contributed by atoms with E-state index in [0.29, 0.717) is 29.5 Å². The van der Waals surface area contributed by atoms with Crippen LogP contribution in [0, 0.1) is 0 Å². The fourth-order valence-electron chi connectivity index (χ4n) is 3.04. The molecule has 1 aliphatic rings. The van der Waals surface area contributed by atoms with Crippen LogP contribution >= 0.6 is 11.6 Å². The summed E-state index contributed by atoms with van der Waals surface area (Å²) >= 11 is 6.13. The summed E-state index contributed by atoms with van der Waals surface area (Å²) in [5, 5.41) is 3.21. The van der Waals surface area contributed by atoms with Crippen LogP contribution in [-0.2, 0) is 26.1 Å². The number of anilines is 2. The van der Waals surface area contributed by atoms with Gasteiger partial charge >= 0.3 is 0 Å². The smallest absolute Gasteiger partial charge is 0.239 e. The average molecular weight is 438 g/mol. The van der Waals surface area contributed by atoms with Crippen LogP contribution in [-0.4, -0.2) is 57.7 Å². The van der Waals surface area contributed by atoms with E-state index in [1.807, 2.05) is 24.3 Å². The standard InChI is InChI=1S/C20H24ClN3O4S/c1-29(26,27)24(14-16-4-2-3-5-19(16)21)15-20(25)22-17-6-8-18(9-7-17)23-10-12-28-13-11-23/h2-9H,10-15H2,1H3,(H,22,25). The van der Waals surface area contributed by atoms with Crippen LogP contribution in [0.15, 0.2) is 48.5 Å². The molecule has 0 bridgehead atoms. The number of rotatable bonds is 7. The molecule has 1 fully saturated rings. The van der Waals surface area contributed by atoms with Crippen LogP contribution in [0.25, 0.3) is 0 Å². The first kappa shape index (κ1) is 21.6. The Balaban J connectivity index is 1.63. The number of nitrogens with zero attached hydrogens (tertiary/aromatic N) is 2. The highest BCUT2D eigenvalue weighted by Crippen LogP contribution is 2.20. The summed E-state index contributed by atoms with van der Waals surface area (Å²) in [6, 6.07) is 14.4. The van der Waals surface area contributed by atoms with E-state index in [1.54, 1.807) is 24.3 Å². The number of carbonyl (C=O) groups excluding carboxylic acids is 1. The van der Waals surface area contributed by atoms with Crippen molar-refractivity contribution >= 4 is 38.9 Å². The van der Waals surface area contributed by atoms with Gasteiger partial charge in [0.2, 0.25) is 15.9 Å². The van der Waals surface area contributed by atoms with Gasteiger partial charge in [0.25, 0.3) is 0 Å². The topological polar surface area (TPSA) is 79.0 Å². The Morgan fingerprint density at radius 2 is 1.79 bits per heavy atom. The normalized spacial score (nSPS) is 14.8. The van der Waals surface area contributed by atoms with Gasteiger partial charge in [0.05, 0.1) is 26.0 Å². The number of morpholine rings is 1. The van der Waals surface area contributed by atoms with Crippen molar-refractivity contribution in [2.75, 3.05) is 49.3 Å². The molecule has 0 radical (unpaired) electrons. The quantitative estimate of drug-likeness (QED) is 0.720. The molecule has 7 nitrogen and oxygen atoms in total. The van der Waals surface area contributed by atoms with E-state index >= 15 is 0 Å². The Labute approximate surface area is 176 Å². The second-order valence-electron chi connectivity index (χ2n) is 6.82. The molecule has 9 heteroatoms. The molecule has 29 heavy (non-hydrogen) atoms. The van der Waals surface area contributed by atoms with E-state index in [-0.39, 0.29) is 13.1 Å². The molecule has 0 aromatic heterocycles. The highest BCUT2D eigenvalue weighted by molar-refractivity contribution is 7.88. The van der Waals surface area contributed by atoms with Crippen LogP contribution < -0.4 is 10.2 Å². The van der Waals surface area contributed by atoms with Crippen LogP contribution in [0.2, 0.25) is 5.02 Å². The van der Waals surface area contributed by atoms with Crippen molar-refractivity contribution in [2.24, 2.45) is 0 Å².